The third kappa shape index (κ3) is 6.09. The molecular weight excluding hydrogens is 420 g/mol. The van der Waals surface area contributed by atoms with Gasteiger partial charge in [-0.15, -0.1) is 11.3 Å². The van der Waals surface area contributed by atoms with E-state index < -0.39 is 12.1 Å². The zero-order valence-corrected chi connectivity index (χ0v) is 18.1. The van der Waals surface area contributed by atoms with E-state index >= 15 is 0 Å². The highest BCUT2D eigenvalue weighted by Gasteiger charge is 2.39. The maximum atomic E-state index is 13.1. The lowest BCUT2D eigenvalue weighted by molar-refractivity contribution is -0.156. The number of carbonyl (C=O) groups excluding carboxylic acids is 2. The van der Waals surface area contributed by atoms with Crippen molar-refractivity contribution < 1.29 is 24.2 Å². The maximum absolute atomic E-state index is 13.1. The SMILES string of the molecule is Cc1nc(CN2CCN(C(=O)[C@H]3OCC(=O)N[C@@H]3c3ccccc3)CC2)cs1.O=CO. The van der Waals surface area contributed by atoms with Crippen LogP contribution in [0.5, 0.6) is 0 Å². The molecule has 2 saturated heterocycles. The largest absolute Gasteiger partial charge is 0.483 e. The first kappa shape index (κ1) is 22.9. The van der Waals surface area contributed by atoms with Crippen LogP contribution in [0, 0.1) is 6.92 Å². The molecule has 9 nitrogen and oxygen atoms in total. The number of piperazine rings is 1. The number of morpholine rings is 1. The van der Waals surface area contributed by atoms with Crippen molar-refractivity contribution in [3.05, 3.63) is 52.0 Å². The molecule has 0 unspecified atom stereocenters. The van der Waals surface area contributed by atoms with Crippen molar-refractivity contribution in [2.45, 2.75) is 25.6 Å². The van der Waals surface area contributed by atoms with Crippen LogP contribution in [0.25, 0.3) is 0 Å². The molecule has 2 amide bonds. The molecule has 1 aromatic heterocycles. The number of benzene rings is 1. The Balaban J connectivity index is 0.000000858. The normalized spacial score (nSPS) is 21.6. The monoisotopic (exact) mass is 446 g/mol. The van der Waals surface area contributed by atoms with Crippen LogP contribution in [0.1, 0.15) is 22.3 Å². The van der Waals surface area contributed by atoms with E-state index in [-0.39, 0.29) is 24.9 Å². The van der Waals surface area contributed by atoms with Crippen LogP contribution in [-0.2, 0) is 25.7 Å². The van der Waals surface area contributed by atoms with Crippen molar-refractivity contribution in [3.8, 4) is 0 Å². The second-order valence-electron chi connectivity index (χ2n) is 7.25. The number of ether oxygens (including phenoxy) is 1. The molecule has 0 radical (unpaired) electrons. The van der Waals surface area contributed by atoms with Crippen molar-refractivity contribution in [1.29, 1.82) is 0 Å². The van der Waals surface area contributed by atoms with Crippen LogP contribution in [0.2, 0.25) is 0 Å². The number of nitrogens with zero attached hydrogens (tertiary/aromatic N) is 3. The number of aromatic nitrogens is 1. The van der Waals surface area contributed by atoms with Crippen LogP contribution in [0.3, 0.4) is 0 Å². The first-order valence-corrected chi connectivity index (χ1v) is 10.9. The number of carbonyl (C=O) groups is 3. The summed E-state index contributed by atoms with van der Waals surface area (Å²) in [5, 5.41) is 13.0. The van der Waals surface area contributed by atoms with Crippen molar-refractivity contribution >= 4 is 29.6 Å². The minimum absolute atomic E-state index is 0.0574. The molecule has 0 saturated carbocycles. The van der Waals surface area contributed by atoms with Gasteiger partial charge in [0.05, 0.1) is 16.7 Å². The van der Waals surface area contributed by atoms with Gasteiger partial charge in [-0.1, -0.05) is 30.3 Å². The summed E-state index contributed by atoms with van der Waals surface area (Å²) in [5.74, 6) is -0.251. The van der Waals surface area contributed by atoms with Gasteiger partial charge in [0.1, 0.15) is 6.61 Å². The van der Waals surface area contributed by atoms with E-state index in [1.165, 1.54) is 0 Å². The van der Waals surface area contributed by atoms with Gasteiger partial charge < -0.3 is 20.1 Å². The molecule has 166 valence electrons. The molecule has 2 atom stereocenters. The van der Waals surface area contributed by atoms with Gasteiger partial charge in [0.25, 0.3) is 12.4 Å². The van der Waals surface area contributed by atoms with E-state index in [4.69, 9.17) is 14.6 Å². The third-order valence-corrected chi connectivity index (χ3v) is 5.97. The highest BCUT2D eigenvalue weighted by atomic mass is 32.1. The average Bonchev–Trinajstić information content (AvgIpc) is 3.19. The van der Waals surface area contributed by atoms with E-state index in [2.05, 4.69) is 20.6 Å². The van der Waals surface area contributed by atoms with Crippen LogP contribution in [0.15, 0.2) is 35.7 Å². The van der Waals surface area contributed by atoms with Gasteiger partial charge in [0.2, 0.25) is 5.91 Å². The molecule has 0 spiro atoms. The third-order valence-electron chi connectivity index (χ3n) is 5.15. The number of rotatable bonds is 4. The number of carboxylic acid groups (broad SMARTS) is 1. The van der Waals surface area contributed by atoms with Gasteiger partial charge in [-0.2, -0.15) is 0 Å². The lowest BCUT2D eigenvalue weighted by Gasteiger charge is -2.39. The molecule has 2 N–H and O–H groups in total. The number of aryl methyl sites for hydroxylation is 1. The van der Waals surface area contributed by atoms with Crippen LogP contribution in [-0.4, -0.2) is 77.1 Å². The van der Waals surface area contributed by atoms with Gasteiger partial charge in [-0.3, -0.25) is 19.3 Å². The average molecular weight is 447 g/mol. The Kier molecular flexibility index (Phi) is 8.10. The number of hydrogen-bond acceptors (Lipinski definition) is 7. The first-order chi connectivity index (χ1) is 15.0. The fourth-order valence-corrected chi connectivity index (χ4v) is 4.30. The van der Waals surface area contributed by atoms with E-state index in [9.17, 15) is 9.59 Å². The van der Waals surface area contributed by atoms with Crippen molar-refractivity contribution in [2.75, 3.05) is 32.8 Å². The minimum Gasteiger partial charge on any atom is -0.483 e. The highest BCUT2D eigenvalue weighted by Crippen LogP contribution is 2.24. The van der Waals surface area contributed by atoms with Gasteiger partial charge in [-0.05, 0) is 12.5 Å². The molecule has 0 aliphatic carbocycles. The summed E-state index contributed by atoms with van der Waals surface area (Å²) in [6, 6.07) is 9.08. The Morgan fingerprint density at radius 1 is 1.29 bits per heavy atom. The predicted octanol–water partition coefficient (Wildman–Crippen LogP) is 1.05. The van der Waals surface area contributed by atoms with Gasteiger partial charge in [0, 0.05) is 38.1 Å². The molecular formula is C21H26N4O5S. The van der Waals surface area contributed by atoms with E-state index in [0.717, 1.165) is 35.9 Å². The summed E-state index contributed by atoms with van der Waals surface area (Å²) in [6.45, 7) is 5.40. The molecule has 3 heterocycles. The molecule has 10 heteroatoms. The second-order valence-corrected chi connectivity index (χ2v) is 8.31. The van der Waals surface area contributed by atoms with Gasteiger partial charge >= 0.3 is 0 Å². The van der Waals surface area contributed by atoms with Crippen molar-refractivity contribution in [2.24, 2.45) is 0 Å². The summed E-state index contributed by atoms with van der Waals surface area (Å²) < 4.78 is 5.67. The summed E-state index contributed by atoms with van der Waals surface area (Å²) >= 11 is 1.66. The van der Waals surface area contributed by atoms with Crippen LogP contribution in [0.4, 0.5) is 0 Å². The van der Waals surface area contributed by atoms with Crippen LogP contribution >= 0.6 is 11.3 Å². The zero-order chi connectivity index (χ0) is 22.2. The van der Waals surface area contributed by atoms with Gasteiger partial charge in [0.15, 0.2) is 6.10 Å². The molecule has 1 aromatic carbocycles. The van der Waals surface area contributed by atoms with Gasteiger partial charge in [-0.25, -0.2) is 4.98 Å². The molecule has 2 aromatic rings. The topological polar surface area (TPSA) is 112 Å². The molecule has 2 fully saturated rings. The number of amides is 2. The smallest absolute Gasteiger partial charge is 0.290 e. The lowest BCUT2D eigenvalue weighted by atomic mass is 9.98. The Morgan fingerprint density at radius 2 is 1.97 bits per heavy atom. The summed E-state index contributed by atoms with van der Waals surface area (Å²) in [4.78, 5) is 42.0. The zero-order valence-electron chi connectivity index (χ0n) is 17.3. The Hall–Kier alpha value is -2.82. The standard InChI is InChI=1S/C20H24N4O3S.CH2O2/c1-14-21-16(13-28-14)11-23-7-9-24(10-8-23)20(26)19-18(22-17(25)12-27-19)15-5-3-2-4-6-15;2-1-3/h2-6,13,18-19H,7-12H2,1H3,(H,22,25);1H,(H,2,3)/t18-,19+;/m1./s1. The maximum Gasteiger partial charge on any atom is 0.290 e. The van der Waals surface area contributed by atoms with E-state index in [1.807, 2.05) is 42.2 Å². The summed E-state index contributed by atoms with van der Waals surface area (Å²) in [5.41, 5.74) is 1.97. The van der Waals surface area contributed by atoms with Crippen LogP contribution < -0.4 is 5.32 Å². The van der Waals surface area contributed by atoms with Crippen molar-refractivity contribution in [3.63, 3.8) is 0 Å². The predicted molar refractivity (Wildman–Crippen MR) is 114 cm³/mol. The van der Waals surface area contributed by atoms with E-state index in [0.29, 0.717) is 13.1 Å². The number of nitrogens with one attached hydrogen (secondary N) is 1. The summed E-state index contributed by atoms with van der Waals surface area (Å²) in [6.07, 6.45) is -0.687. The molecule has 31 heavy (non-hydrogen) atoms. The van der Waals surface area contributed by atoms with Crippen molar-refractivity contribution in [1.82, 2.24) is 20.1 Å². The fraction of sp³-hybridized carbons (Fsp3) is 0.429. The summed E-state index contributed by atoms with van der Waals surface area (Å²) in [7, 11) is 0. The highest BCUT2D eigenvalue weighted by molar-refractivity contribution is 7.09. The molecule has 2 aliphatic rings. The first-order valence-electron chi connectivity index (χ1n) is 9.97. The Labute approximate surface area is 184 Å². The second kappa shape index (κ2) is 11.0. The Bertz CT molecular complexity index is 883. The molecule has 2 aliphatic heterocycles. The number of thiazole rings is 1. The minimum atomic E-state index is -0.687. The quantitative estimate of drug-likeness (QED) is 0.675. The molecule has 4 rings (SSSR count). The fourth-order valence-electron chi connectivity index (χ4n) is 3.70. The lowest BCUT2D eigenvalue weighted by Crippen LogP contribution is -2.57. The Morgan fingerprint density at radius 3 is 2.58 bits per heavy atom. The molecule has 0 bridgehead atoms. The van der Waals surface area contributed by atoms with E-state index in [1.54, 1.807) is 11.3 Å². The number of hydrogen-bond donors (Lipinski definition) is 2.